The number of nitrogens with zero attached hydrogens (tertiary/aromatic N) is 1. The first-order valence-corrected chi connectivity index (χ1v) is 6.11. The largest absolute Gasteiger partial charge is 0.493 e. The van der Waals surface area contributed by atoms with E-state index >= 15 is 0 Å². The van der Waals surface area contributed by atoms with Crippen molar-refractivity contribution in [2.45, 2.75) is 26.3 Å². The Morgan fingerprint density at radius 1 is 1.18 bits per heavy atom. The van der Waals surface area contributed by atoms with E-state index < -0.39 is 0 Å². The third-order valence-corrected chi connectivity index (χ3v) is 2.82. The van der Waals surface area contributed by atoms with Gasteiger partial charge in [-0.1, -0.05) is 25.5 Å². The second-order valence-corrected chi connectivity index (χ2v) is 4.24. The van der Waals surface area contributed by atoms with Crippen molar-refractivity contribution in [2.75, 3.05) is 27.8 Å². The maximum Gasteiger partial charge on any atom is 0.165 e. The van der Waals surface area contributed by atoms with E-state index in [1.54, 1.807) is 14.2 Å². The molecule has 0 radical (unpaired) electrons. The molecule has 0 atom stereocenters. The number of methoxy groups -OCH3 is 2. The van der Waals surface area contributed by atoms with Crippen LogP contribution in [0.25, 0.3) is 0 Å². The standard InChI is InChI=1S/C14H23NO2/c1-5-6-10-15(2)11-12-8-7-9-13(16-3)14(12)17-4/h7-9H,5-6,10-11H2,1-4H3. The fraction of sp³-hybridized carbons (Fsp3) is 0.571. The summed E-state index contributed by atoms with van der Waals surface area (Å²) in [7, 11) is 5.49. The van der Waals surface area contributed by atoms with Crippen LogP contribution in [-0.4, -0.2) is 32.7 Å². The van der Waals surface area contributed by atoms with Gasteiger partial charge in [0.15, 0.2) is 11.5 Å². The van der Waals surface area contributed by atoms with Crippen LogP contribution in [0.2, 0.25) is 0 Å². The van der Waals surface area contributed by atoms with Crippen molar-refractivity contribution in [1.82, 2.24) is 4.90 Å². The van der Waals surface area contributed by atoms with E-state index in [0.29, 0.717) is 0 Å². The summed E-state index contributed by atoms with van der Waals surface area (Å²) in [5.41, 5.74) is 1.17. The molecule has 0 bridgehead atoms. The van der Waals surface area contributed by atoms with Crippen LogP contribution < -0.4 is 9.47 Å². The zero-order valence-electron chi connectivity index (χ0n) is 11.3. The minimum atomic E-state index is 0.800. The van der Waals surface area contributed by atoms with Crippen molar-refractivity contribution >= 4 is 0 Å². The number of rotatable bonds is 7. The Balaban J connectivity index is 2.75. The maximum absolute atomic E-state index is 5.42. The van der Waals surface area contributed by atoms with E-state index in [1.165, 1.54) is 18.4 Å². The van der Waals surface area contributed by atoms with Crippen LogP contribution in [0.15, 0.2) is 18.2 Å². The molecule has 0 spiro atoms. The molecule has 0 heterocycles. The maximum atomic E-state index is 5.42. The molecule has 1 aromatic carbocycles. The van der Waals surface area contributed by atoms with E-state index in [9.17, 15) is 0 Å². The van der Waals surface area contributed by atoms with Crippen molar-refractivity contribution in [2.24, 2.45) is 0 Å². The topological polar surface area (TPSA) is 21.7 Å². The Bertz CT molecular complexity index is 339. The molecule has 0 saturated carbocycles. The highest BCUT2D eigenvalue weighted by atomic mass is 16.5. The average molecular weight is 237 g/mol. The van der Waals surface area contributed by atoms with Crippen molar-refractivity contribution in [3.63, 3.8) is 0 Å². The first-order valence-electron chi connectivity index (χ1n) is 6.11. The third kappa shape index (κ3) is 3.93. The molecular formula is C14H23NO2. The Morgan fingerprint density at radius 3 is 2.53 bits per heavy atom. The lowest BCUT2D eigenvalue weighted by Gasteiger charge is -2.19. The average Bonchev–Trinajstić information content (AvgIpc) is 2.35. The summed E-state index contributed by atoms with van der Waals surface area (Å²) in [6, 6.07) is 6.02. The first-order chi connectivity index (χ1) is 8.22. The fourth-order valence-corrected chi connectivity index (χ4v) is 1.88. The summed E-state index contributed by atoms with van der Waals surface area (Å²) in [5, 5.41) is 0. The van der Waals surface area contributed by atoms with Crippen LogP contribution in [0, 0.1) is 0 Å². The number of benzene rings is 1. The van der Waals surface area contributed by atoms with Gasteiger partial charge >= 0.3 is 0 Å². The Kier molecular flexibility index (Phi) is 5.84. The van der Waals surface area contributed by atoms with Gasteiger partial charge in [-0.3, -0.25) is 0 Å². The molecule has 0 aliphatic carbocycles. The van der Waals surface area contributed by atoms with E-state index in [1.807, 2.05) is 12.1 Å². The van der Waals surface area contributed by atoms with Crippen LogP contribution in [-0.2, 0) is 6.54 Å². The van der Waals surface area contributed by atoms with Gasteiger partial charge in [-0.05, 0) is 26.1 Å². The van der Waals surface area contributed by atoms with Crippen LogP contribution in [0.3, 0.4) is 0 Å². The monoisotopic (exact) mass is 237 g/mol. The lowest BCUT2D eigenvalue weighted by molar-refractivity contribution is 0.305. The molecule has 96 valence electrons. The minimum Gasteiger partial charge on any atom is -0.493 e. The Labute approximate surface area is 104 Å². The zero-order chi connectivity index (χ0) is 12.7. The predicted molar refractivity (Wildman–Crippen MR) is 70.8 cm³/mol. The van der Waals surface area contributed by atoms with Gasteiger partial charge in [0, 0.05) is 12.1 Å². The van der Waals surface area contributed by atoms with E-state index in [0.717, 1.165) is 24.6 Å². The molecular weight excluding hydrogens is 214 g/mol. The number of ether oxygens (including phenoxy) is 2. The lowest BCUT2D eigenvalue weighted by atomic mass is 10.1. The lowest BCUT2D eigenvalue weighted by Crippen LogP contribution is -2.19. The van der Waals surface area contributed by atoms with Gasteiger partial charge in [-0.15, -0.1) is 0 Å². The molecule has 17 heavy (non-hydrogen) atoms. The first kappa shape index (κ1) is 13.8. The molecule has 0 amide bonds. The molecule has 1 rings (SSSR count). The zero-order valence-corrected chi connectivity index (χ0v) is 11.3. The van der Waals surface area contributed by atoms with Gasteiger partial charge in [0.2, 0.25) is 0 Å². The number of unbranched alkanes of at least 4 members (excludes halogenated alkanes) is 1. The highest BCUT2D eigenvalue weighted by Crippen LogP contribution is 2.31. The molecule has 3 nitrogen and oxygen atoms in total. The summed E-state index contributed by atoms with van der Waals surface area (Å²) in [4.78, 5) is 2.31. The second-order valence-electron chi connectivity index (χ2n) is 4.24. The van der Waals surface area contributed by atoms with Gasteiger partial charge in [-0.2, -0.15) is 0 Å². The van der Waals surface area contributed by atoms with E-state index in [4.69, 9.17) is 9.47 Å². The van der Waals surface area contributed by atoms with Gasteiger partial charge in [0.25, 0.3) is 0 Å². The molecule has 0 unspecified atom stereocenters. The quantitative estimate of drug-likeness (QED) is 0.728. The van der Waals surface area contributed by atoms with E-state index in [2.05, 4.69) is 24.9 Å². The number of hydrogen-bond donors (Lipinski definition) is 0. The van der Waals surface area contributed by atoms with Gasteiger partial charge in [0.05, 0.1) is 14.2 Å². The van der Waals surface area contributed by atoms with Crippen molar-refractivity contribution in [1.29, 1.82) is 0 Å². The minimum absolute atomic E-state index is 0.800. The van der Waals surface area contributed by atoms with Crippen LogP contribution in [0.1, 0.15) is 25.3 Å². The van der Waals surface area contributed by atoms with Gasteiger partial charge in [-0.25, -0.2) is 0 Å². The summed E-state index contributed by atoms with van der Waals surface area (Å²) in [6.45, 7) is 4.21. The van der Waals surface area contributed by atoms with Gasteiger partial charge in [0.1, 0.15) is 0 Å². The normalized spacial score (nSPS) is 10.6. The molecule has 0 aliphatic heterocycles. The highest BCUT2D eigenvalue weighted by molar-refractivity contribution is 5.46. The van der Waals surface area contributed by atoms with Crippen LogP contribution >= 0.6 is 0 Å². The van der Waals surface area contributed by atoms with Crippen molar-refractivity contribution in [3.05, 3.63) is 23.8 Å². The van der Waals surface area contributed by atoms with E-state index in [-0.39, 0.29) is 0 Å². The molecule has 0 saturated heterocycles. The highest BCUT2D eigenvalue weighted by Gasteiger charge is 2.10. The molecule has 3 heteroatoms. The van der Waals surface area contributed by atoms with Crippen LogP contribution in [0.5, 0.6) is 11.5 Å². The Morgan fingerprint density at radius 2 is 1.94 bits per heavy atom. The smallest absolute Gasteiger partial charge is 0.165 e. The predicted octanol–water partition coefficient (Wildman–Crippen LogP) is 2.94. The Hall–Kier alpha value is -1.22. The summed E-state index contributed by atoms with van der Waals surface area (Å²) in [6.07, 6.45) is 2.45. The SMILES string of the molecule is CCCCN(C)Cc1cccc(OC)c1OC. The number of hydrogen-bond acceptors (Lipinski definition) is 3. The molecule has 0 aromatic heterocycles. The summed E-state index contributed by atoms with van der Waals surface area (Å²) < 4.78 is 10.7. The molecule has 0 aliphatic rings. The van der Waals surface area contributed by atoms with Crippen LogP contribution in [0.4, 0.5) is 0 Å². The molecule has 0 fully saturated rings. The van der Waals surface area contributed by atoms with Crippen molar-refractivity contribution in [3.8, 4) is 11.5 Å². The summed E-state index contributed by atoms with van der Waals surface area (Å²) in [5.74, 6) is 1.65. The van der Waals surface area contributed by atoms with Gasteiger partial charge < -0.3 is 14.4 Å². The second kappa shape index (κ2) is 7.17. The van der Waals surface area contributed by atoms with Crippen molar-refractivity contribution < 1.29 is 9.47 Å². The third-order valence-electron chi connectivity index (χ3n) is 2.82. The fourth-order valence-electron chi connectivity index (χ4n) is 1.88. The molecule has 1 aromatic rings. The number of para-hydroxylation sites is 1. The molecule has 0 N–H and O–H groups in total. The summed E-state index contributed by atoms with van der Waals surface area (Å²) >= 11 is 0.